The lowest BCUT2D eigenvalue weighted by molar-refractivity contribution is -0.151. The third-order valence-corrected chi connectivity index (χ3v) is 4.82. The van der Waals surface area contributed by atoms with Crippen LogP contribution in [0.5, 0.6) is 0 Å². The summed E-state index contributed by atoms with van der Waals surface area (Å²) < 4.78 is 10.1. The molecule has 12 nitrogen and oxygen atoms in total. The lowest BCUT2D eigenvalue weighted by atomic mass is 10.1. The summed E-state index contributed by atoms with van der Waals surface area (Å²) in [7, 11) is 0. The first kappa shape index (κ1) is 28.9. The van der Waals surface area contributed by atoms with E-state index in [1.165, 1.54) is 0 Å². The summed E-state index contributed by atoms with van der Waals surface area (Å²) in [6, 6.07) is 17.1. The Morgan fingerprint density at radius 2 is 1.38 bits per heavy atom. The number of carbonyl (C=O) groups is 5. The van der Waals surface area contributed by atoms with Crippen LogP contribution in [0.15, 0.2) is 60.7 Å². The second-order valence-corrected chi connectivity index (χ2v) is 7.75. The standard InChI is InChI=1S/C25H31N5O7/c26-12-21(31)27-14-23(33)30-20(11-18-7-3-1-4-8-18)25(35)28-13-22(32)29-17-36-16-24(34)37-15-19-9-5-2-6-10-19/h1-10,20H,11-17,26H2,(H,27,31)(H,28,35)(H,29,32)(H,30,33)/t20-/m0/s1. The van der Waals surface area contributed by atoms with Gasteiger partial charge >= 0.3 is 5.97 Å². The van der Waals surface area contributed by atoms with Crippen molar-refractivity contribution in [2.45, 2.75) is 19.1 Å². The molecule has 2 aromatic rings. The molecule has 0 aliphatic carbocycles. The quantitative estimate of drug-likeness (QED) is 0.111. The number of ether oxygens (including phenoxy) is 2. The largest absolute Gasteiger partial charge is 0.459 e. The zero-order chi connectivity index (χ0) is 26.9. The van der Waals surface area contributed by atoms with E-state index in [2.05, 4.69) is 21.3 Å². The summed E-state index contributed by atoms with van der Waals surface area (Å²) in [6.45, 7) is -1.51. The second kappa shape index (κ2) is 16.4. The predicted molar refractivity (Wildman–Crippen MR) is 132 cm³/mol. The number of hydrogen-bond acceptors (Lipinski definition) is 8. The minimum atomic E-state index is -0.992. The van der Waals surface area contributed by atoms with Crippen molar-refractivity contribution in [1.29, 1.82) is 0 Å². The van der Waals surface area contributed by atoms with Gasteiger partial charge in [0.25, 0.3) is 0 Å². The van der Waals surface area contributed by atoms with E-state index in [-0.39, 0.29) is 46.0 Å². The number of nitrogens with one attached hydrogen (secondary N) is 4. The Morgan fingerprint density at radius 3 is 2.03 bits per heavy atom. The van der Waals surface area contributed by atoms with Crippen molar-refractivity contribution < 1.29 is 33.4 Å². The van der Waals surface area contributed by atoms with Gasteiger partial charge in [-0.25, -0.2) is 4.79 Å². The molecule has 0 aliphatic rings. The first-order valence-electron chi connectivity index (χ1n) is 11.5. The average Bonchev–Trinajstić information content (AvgIpc) is 2.92. The predicted octanol–water partition coefficient (Wildman–Crippen LogP) is -1.26. The highest BCUT2D eigenvalue weighted by molar-refractivity contribution is 5.92. The number of carbonyl (C=O) groups excluding carboxylic acids is 5. The van der Waals surface area contributed by atoms with Crippen LogP contribution in [-0.2, 0) is 46.5 Å². The number of benzene rings is 2. The highest BCUT2D eigenvalue weighted by Crippen LogP contribution is 2.04. The van der Waals surface area contributed by atoms with Gasteiger partial charge in [-0.15, -0.1) is 0 Å². The van der Waals surface area contributed by atoms with Crippen molar-refractivity contribution in [3.63, 3.8) is 0 Å². The molecule has 4 amide bonds. The summed E-state index contributed by atoms with van der Waals surface area (Å²) in [5.74, 6) is -2.85. The van der Waals surface area contributed by atoms with E-state index in [0.29, 0.717) is 0 Å². The number of amides is 4. The first-order valence-corrected chi connectivity index (χ1v) is 11.5. The highest BCUT2D eigenvalue weighted by atomic mass is 16.6. The van der Waals surface area contributed by atoms with Crippen LogP contribution >= 0.6 is 0 Å². The smallest absolute Gasteiger partial charge is 0.332 e. The van der Waals surface area contributed by atoms with Gasteiger partial charge in [-0.1, -0.05) is 60.7 Å². The minimum Gasteiger partial charge on any atom is -0.459 e. The van der Waals surface area contributed by atoms with Crippen LogP contribution in [0, 0.1) is 0 Å². The van der Waals surface area contributed by atoms with Gasteiger partial charge in [-0.3, -0.25) is 19.2 Å². The molecule has 0 aliphatic heterocycles. The molecule has 0 fully saturated rings. The fourth-order valence-corrected chi connectivity index (χ4v) is 2.95. The Bertz CT molecular complexity index is 1030. The van der Waals surface area contributed by atoms with Crippen molar-refractivity contribution >= 4 is 29.6 Å². The van der Waals surface area contributed by atoms with Gasteiger partial charge in [0, 0.05) is 6.42 Å². The fourth-order valence-electron chi connectivity index (χ4n) is 2.95. The molecular weight excluding hydrogens is 482 g/mol. The Morgan fingerprint density at radius 1 is 0.757 bits per heavy atom. The Hall–Kier alpha value is -4.29. The van der Waals surface area contributed by atoms with Gasteiger partial charge in [0.05, 0.1) is 19.6 Å². The van der Waals surface area contributed by atoms with E-state index < -0.39 is 35.6 Å². The fraction of sp³-hybridized carbons (Fsp3) is 0.320. The molecule has 0 aromatic heterocycles. The van der Waals surface area contributed by atoms with Crippen molar-refractivity contribution in [3.05, 3.63) is 71.8 Å². The van der Waals surface area contributed by atoms with Gasteiger partial charge in [0.1, 0.15) is 26.0 Å². The van der Waals surface area contributed by atoms with Gasteiger partial charge in [0.15, 0.2) is 0 Å². The van der Waals surface area contributed by atoms with Crippen LogP contribution in [0.25, 0.3) is 0 Å². The van der Waals surface area contributed by atoms with Crippen LogP contribution < -0.4 is 27.0 Å². The zero-order valence-corrected chi connectivity index (χ0v) is 20.2. The molecular formula is C25H31N5O7. The average molecular weight is 514 g/mol. The molecule has 6 N–H and O–H groups in total. The van der Waals surface area contributed by atoms with E-state index >= 15 is 0 Å². The lowest BCUT2D eigenvalue weighted by Gasteiger charge is -2.19. The van der Waals surface area contributed by atoms with Gasteiger partial charge in [0.2, 0.25) is 23.6 Å². The highest BCUT2D eigenvalue weighted by Gasteiger charge is 2.22. The Balaban J connectivity index is 1.73. The first-order chi connectivity index (χ1) is 17.9. The maximum Gasteiger partial charge on any atom is 0.332 e. The maximum absolute atomic E-state index is 12.7. The molecule has 37 heavy (non-hydrogen) atoms. The van der Waals surface area contributed by atoms with Crippen LogP contribution in [0.2, 0.25) is 0 Å². The van der Waals surface area contributed by atoms with Gasteiger partial charge in [-0.05, 0) is 11.1 Å². The number of rotatable bonds is 15. The van der Waals surface area contributed by atoms with Crippen LogP contribution in [-0.4, -0.2) is 68.6 Å². The molecule has 0 radical (unpaired) electrons. The number of hydrogen-bond donors (Lipinski definition) is 5. The van der Waals surface area contributed by atoms with Crippen molar-refractivity contribution in [2.24, 2.45) is 5.73 Å². The van der Waals surface area contributed by atoms with Crippen LogP contribution in [0.4, 0.5) is 0 Å². The maximum atomic E-state index is 12.7. The third kappa shape index (κ3) is 12.3. The molecule has 12 heteroatoms. The molecule has 0 saturated carbocycles. The Kier molecular flexibility index (Phi) is 12.8. The Labute approximate surface area is 214 Å². The molecule has 0 spiro atoms. The second-order valence-electron chi connectivity index (χ2n) is 7.75. The van der Waals surface area contributed by atoms with Gasteiger partial charge < -0.3 is 36.5 Å². The summed E-state index contributed by atoms with van der Waals surface area (Å²) in [5.41, 5.74) is 6.81. The molecule has 0 heterocycles. The van der Waals surface area contributed by atoms with E-state index in [1.807, 2.05) is 36.4 Å². The van der Waals surface area contributed by atoms with Crippen LogP contribution in [0.3, 0.4) is 0 Å². The molecule has 0 saturated heterocycles. The molecule has 198 valence electrons. The van der Waals surface area contributed by atoms with E-state index in [4.69, 9.17) is 15.2 Å². The lowest BCUT2D eigenvalue weighted by Crippen LogP contribution is -2.52. The summed E-state index contributed by atoms with van der Waals surface area (Å²) >= 11 is 0. The summed E-state index contributed by atoms with van der Waals surface area (Å²) in [5, 5.41) is 9.72. The van der Waals surface area contributed by atoms with Crippen LogP contribution in [0.1, 0.15) is 11.1 Å². The van der Waals surface area contributed by atoms with Crippen molar-refractivity contribution in [1.82, 2.24) is 21.3 Å². The van der Waals surface area contributed by atoms with Crippen molar-refractivity contribution in [2.75, 3.05) is 33.0 Å². The normalized spacial score (nSPS) is 11.1. The molecule has 0 bridgehead atoms. The topological polar surface area (TPSA) is 178 Å². The zero-order valence-electron chi connectivity index (χ0n) is 20.2. The minimum absolute atomic E-state index is 0.113. The van der Waals surface area contributed by atoms with Crippen molar-refractivity contribution in [3.8, 4) is 0 Å². The third-order valence-electron chi connectivity index (χ3n) is 4.82. The number of esters is 1. The summed E-state index contributed by atoms with van der Waals surface area (Å²) in [4.78, 5) is 59.9. The molecule has 2 rings (SSSR count). The molecule has 1 atom stereocenters. The number of nitrogens with two attached hydrogens (primary N) is 1. The SMILES string of the molecule is NCC(=O)NCC(=O)N[C@@H](Cc1ccccc1)C(=O)NCC(=O)NCOCC(=O)OCc1ccccc1. The molecule has 2 aromatic carbocycles. The van der Waals surface area contributed by atoms with E-state index in [0.717, 1.165) is 11.1 Å². The monoisotopic (exact) mass is 513 g/mol. The van der Waals surface area contributed by atoms with Gasteiger partial charge in [-0.2, -0.15) is 0 Å². The van der Waals surface area contributed by atoms with E-state index in [9.17, 15) is 24.0 Å². The molecule has 0 unspecified atom stereocenters. The van der Waals surface area contributed by atoms with E-state index in [1.54, 1.807) is 24.3 Å². The summed E-state index contributed by atoms with van der Waals surface area (Å²) in [6.07, 6.45) is 0.166.